The summed E-state index contributed by atoms with van der Waals surface area (Å²) < 4.78 is 20.4. The first-order valence-electron chi connectivity index (χ1n) is 17.6. The fourth-order valence-corrected chi connectivity index (χ4v) is 8.18. The zero-order chi connectivity index (χ0) is 36.6. The van der Waals surface area contributed by atoms with Crippen LogP contribution in [0.5, 0.6) is 0 Å². The summed E-state index contributed by atoms with van der Waals surface area (Å²) in [5.41, 5.74) is 9.34. The van der Waals surface area contributed by atoms with Crippen molar-refractivity contribution in [2.75, 3.05) is 0 Å². The summed E-state index contributed by atoms with van der Waals surface area (Å²) >= 11 is 0. The van der Waals surface area contributed by atoms with Crippen LogP contribution in [0.15, 0.2) is 114 Å². The number of fused-ring (bicyclic) bond motifs is 3. The summed E-state index contributed by atoms with van der Waals surface area (Å²) in [6, 6.07) is 39.0. The number of furan rings is 1. The number of rotatable bonds is 6. The molecule has 0 saturated carbocycles. The van der Waals surface area contributed by atoms with E-state index in [-0.39, 0.29) is 36.8 Å². The number of halogens is 1. The first-order valence-corrected chi connectivity index (χ1v) is 21.1. The number of hydrogen-bond donors (Lipinski definition) is 0. The Kier molecular flexibility index (Phi) is 11.5. The zero-order valence-corrected chi connectivity index (χ0v) is 35.0. The van der Waals surface area contributed by atoms with E-state index in [4.69, 9.17) is 4.42 Å². The summed E-state index contributed by atoms with van der Waals surface area (Å²) in [4.78, 5) is 9.20. The van der Waals surface area contributed by atoms with Crippen LogP contribution in [0.2, 0.25) is 19.6 Å². The minimum absolute atomic E-state index is 0. The van der Waals surface area contributed by atoms with Crippen molar-refractivity contribution < 1.29 is 28.9 Å². The van der Waals surface area contributed by atoms with Gasteiger partial charge in [-0.05, 0) is 51.7 Å². The molecule has 269 valence electrons. The largest absolute Gasteiger partial charge is 0.500 e. The second-order valence-corrected chi connectivity index (χ2v) is 21.2. The van der Waals surface area contributed by atoms with Gasteiger partial charge in [0.1, 0.15) is 5.58 Å². The molecule has 52 heavy (non-hydrogen) atoms. The van der Waals surface area contributed by atoms with Crippen LogP contribution in [0.1, 0.15) is 56.9 Å². The Morgan fingerprint density at radius 1 is 0.750 bits per heavy atom. The van der Waals surface area contributed by atoms with Crippen LogP contribution >= 0.6 is 0 Å². The molecule has 0 spiro atoms. The fraction of sp³-hybridized carbons (Fsp3) is 0.261. The van der Waals surface area contributed by atoms with Gasteiger partial charge in [-0.15, -0.1) is 42.0 Å². The number of aromatic nitrogens is 2. The van der Waals surface area contributed by atoms with Crippen LogP contribution in [-0.4, -0.2) is 18.0 Å². The van der Waals surface area contributed by atoms with Crippen LogP contribution in [0, 0.1) is 30.3 Å². The Morgan fingerprint density at radius 2 is 1.46 bits per heavy atom. The Bertz CT molecular complexity index is 2320. The number of pyridine rings is 2. The van der Waals surface area contributed by atoms with Crippen molar-refractivity contribution in [1.29, 1.82) is 0 Å². The van der Waals surface area contributed by atoms with E-state index in [0.717, 1.165) is 39.6 Å². The SMILES string of the molecule is CC(C)(c1ccccc1)c1ccnc(-c2[c-]cc3oc4ccccc4c3c2)c1.Cc1cc[c-]c(-c2cc(CC(C)(C)C)c([Si](C)(C)C)cn2)c1F.[Ir]. The van der Waals surface area contributed by atoms with E-state index in [1.165, 1.54) is 21.9 Å². The molecule has 0 fully saturated rings. The van der Waals surface area contributed by atoms with E-state index in [2.05, 4.69) is 137 Å². The third-order valence-corrected chi connectivity index (χ3v) is 11.5. The first-order chi connectivity index (χ1) is 24.1. The van der Waals surface area contributed by atoms with E-state index in [0.29, 0.717) is 16.8 Å². The summed E-state index contributed by atoms with van der Waals surface area (Å²) in [5, 5.41) is 3.58. The Labute approximate surface area is 323 Å². The van der Waals surface area contributed by atoms with Crippen molar-refractivity contribution in [1.82, 2.24) is 9.97 Å². The predicted molar refractivity (Wildman–Crippen MR) is 214 cm³/mol. The van der Waals surface area contributed by atoms with Crippen molar-refractivity contribution in [2.24, 2.45) is 5.41 Å². The van der Waals surface area contributed by atoms with Gasteiger partial charge < -0.3 is 14.4 Å². The standard InChI is InChI=1S/C26H20NO.C20H27FNSi.Ir/c1-26(2,19-8-4-3-5-9-19)20-14-15-27-23(17-20)18-12-13-25-22(16-18)21-10-6-7-11-24(21)28-25;1-14-9-8-10-16(19(14)21)17-11-15(12-20(2,3)4)18(13-22-17)23(5,6)7;/h3-11,13-17H,1-2H3;8-9,11,13H,12H2,1-7H3;/q2*-1;. The number of hydrogen-bond acceptors (Lipinski definition) is 3. The van der Waals surface area contributed by atoms with Crippen molar-refractivity contribution in [3.05, 3.63) is 150 Å². The molecular formula is C46H47FIrN2OSi-2. The summed E-state index contributed by atoms with van der Waals surface area (Å²) in [6.45, 7) is 20.0. The summed E-state index contributed by atoms with van der Waals surface area (Å²) in [6.07, 6.45) is 4.83. The minimum Gasteiger partial charge on any atom is -0.500 e. The maximum atomic E-state index is 14.4. The second-order valence-electron chi connectivity index (χ2n) is 16.2. The van der Waals surface area contributed by atoms with Gasteiger partial charge in [-0.2, -0.15) is 0 Å². The second kappa shape index (κ2) is 15.4. The molecule has 0 saturated heterocycles. The Balaban J connectivity index is 0.000000202. The Hall–Kier alpha value is -4.22. The molecule has 7 aromatic rings. The molecule has 3 heterocycles. The van der Waals surface area contributed by atoms with Gasteiger partial charge in [-0.3, -0.25) is 4.39 Å². The van der Waals surface area contributed by atoms with Gasteiger partial charge in [0.2, 0.25) is 0 Å². The van der Waals surface area contributed by atoms with E-state index in [9.17, 15) is 4.39 Å². The molecule has 3 nitrogen and oxygen atoms in total. The van der Waals surface area contributed by atoms with Crippen LogP contribution in [0.25, 0.3) is 44.5 Å². The van der Waals surface area contributed by atoms with Crippen LogP contribution < -0.4 is 5.19 Å². The van der Waals surface area contributed by atoms with Crippen LogP contribution in [0.4, 0.5) is 4.39 Å². The maximum Gasteiger partial charge on any atom is 0.120 e. The monoisotopic (exact) mass is 883 g/mol. The number of para-hydroxylation sites is 1. The molecule has 6 heteroatoms. The number of nitrogens with zero attached hydrogens (tertiary/aromatic N) is 2. The van der Waals surface area contributed by atoms with Gasteiger partial charge in [-0.1, -0.05) is 144 Å². The van der Waals surface area contributed by atoms with E-state index < -0.39 is 8.07 Å². The molecule has 0 aliphatic carbocycles. The molecule has 0 atom stereocenters. The average Bonchev–Trinajstić information content (AvgIpc) is 3.47. The predicted octanol–water partition coefficient (Wildman–Crippen LogP) is 11.9. The van der Waals surface area contributed by atoms with Gasteiger partial charge >= 0.3 is 0 Å². The molecule has 4 aromatic carbocycles. The van der Waals surface area contributed by atoms with E-state index in [1.807, 2.05) is 36.7 Å². The number of aryl methyl sites for hydroxylation is 1. The van der Waals surface area contributed by atoms with Gasteiger partial charge in [0, 0.05) is 49.1 Å². The third-order valence-electron chi connectivity index (χ3n) is 9.46. The van der Waals surface area contributed by atoms with Crippen LogP contribution in [-0.2, 0) is 31.9 Å². The van der Waals surface area contributed by atoms with Crippen LogP contribution in [0.3, 0.4) is 0 Å². The summed E-state index contributed by atoms with van der Waals surface area (Å²) in [7, 11) is -1.49. The molecule has 0 aliphatic rings. The van der Waals surface area contributed by atoms with Crippen molar-refractivity contribution in [2.45, 2.75) is 73.0 Å². The minimum atomic E-state index is -1.49. The fourth-order valence-electron chi connectivity index (χ4n) is 6.60. The molecule has 1 radical (unpaired) electrons. The number of benzene rings is 4. The average molecular weight is 883 g/mol. The maximum absolute atomic E-state index is 14.4. The summed E-state index contributed by atoms with van der Waals surface area (Å²) in [5.74, 6) is -0.220. The van der Waals surface area contributed by atoms with Crippen molar-refractivity contribution in [3.8, 4) is 22.5 Å². The van der Waals surface area contributed by atoms with Gasteiger partial charge in [0.15, 0.2) is 0 Å². The van der Waals surface area contributed by atoms with Gasteiger partial charge in [0.25, 0.3) is 0 Å². The first kappa shape index (κ1) is 39.0. The molecular weight excluding hydrogens is 836 g/mol. The van der Waals surface area contributed by atoms with E-state index in [1.54, 1.807) is 19.1 Å². The molecule has 3 aromatic heterocycles. The van der Waals surface area contributed by atoms with E-state index >= 15 is 0 Å². The molecule has 0 N–H and O–H groups in total. The topological polar surface area (TPSA) is 38.9 Å². The molecule has 7 rings (SSSR count). The smallest absolute Gasteiger partial charge is 0.120 e. The van der Waals surface area contributed by atoms with Crippen molar-refractivity contribution in [3.63, 3.8) is 0 Å². The van der Waals surface area contributed by atoms with Gasteiger partial charge in [0.05, 0.1) is 13.7 Å². The molecule has 0 unspecified atom stereocenters. The van der Waals surface area contributed by atoms with Gasteiger partial charge in [-0.25, -0.2) is 0 Å². The van der Waals surface area contributed by atoms with Crippen molar-refractivity contribution >= 4 is 35.2 Å². The molecule has 0 bridgehead atoms. The molecule has 0 aliphatic heterocycles. The third kappa shape index (κ3) is 8.52. The quantitative estimate of drug-likeness (QED) is 0.123. The Morgan fingerprint density at radius 3 is 2.17 bits per heavy atom. The zero-order valence-electron chi connectivity index (χ0n) is 31.6. The molecule has 0 amide bonds. The normalized spacial score (nSPS) is 12.0.